The molecule has 0 heterocycles. The summed E-state index contributed by atoms with van der Waals surface area (Å²) in [4.78, 5) is 0. The molecular formula is C9H18ClNO2S. The molecule has 14 heavy (non-hydrogen) atoms. The van der Waals surface area contributed by atoms with E-state index in [2.05, 4.69) is 0 Å². The Balaban J connectivity index is 2.71. The normalized spacial score (nSPS) is 21.7. The maximum Gasteiger partial charge on any atom is 0.217 e. The van der Waals surface area contributed by atoms with Crippen molar-refractivity contribution in [1.29, 1.82) is 0 Å². The quantitative estimate of drug-likeness (QED) is 0.702. The molecule has 1 saturated carbocycles. The SMILES string of the molecule is CC(CCl)S(=O)(=O)N(C)C1CCCC1. The van der Waals surface area contributed by atoms with Gasteiger partial charge in [-0.2, -0.15) is 0 Å². The molecule has 1 aliphatic rings. The van der Waals surface area contributed by atoms with Crippen LogP contribution in [0.5, 0.6) is 0 Å². The molecule has 1 aliphatic carbocycles. The molecule has 0 saturated heterocycles. The maximum atomic E-state index is 11.9. The summed E-state index contributed by atoms with van der Waals surface area (Å²) in [5.74, 6) is 0.166. The van der Waals surface area contributed by atoms with Crippen LogP contribution in [0.2, 0.25) is 0 Å². The van der Waals surface area contributed by atoms with E-state index in [0.717, 1.165) is 25.7 Å². The summed E-state index contributed by atoms with van der Waals surface area (Å²) in [7, 11) is -1.50. The van der Waals surface area contributed by atoms with Gasteiger partial charge in [0.2, 0.25) is 10.0 Å². The van der Waals surface area contributed by atoms with E-state index in [4.69, 9.17) is 11.6 Å². The molecule has 0 radical (unpaired) electrons. The number of nitrogens with zero attached hydrogens (tertiary/aromatic N) is 1. The lowest BCUT2D eigenvalue weighted by Crippen LogP contribution is -2.41. The molecule has 3 nitrogen and oxygen atoms in total. The minimum atomic E-state index is -3.17. The number of sulfonamides is 1. The lowest BCUT2D eigenvalue weighted by atomic mass is 10.3. The van der Waals surface area contributed by atoms with E-state index in [0.29, 0.717) is 0 Å². The fraction of sp³-hybridized carbons (Fsp3) is 1.00. The Labute approximate surface area is 91.5 Å². The molecule has 1 fully saturated rings. The first-order valence-electron chi connectivity index (χ1n) is 5.03. The van der Waals surface area contributed by atoms with Crippen LogP contribution < -0.4 is 0 Å². The Morgan fingerprint density at radius 3 is 2.36 bits per heavy atom. The van der Waals surface area contributed by atoms with Gasteiger partial charge in [-0.15, -0.1) is 11.6 Å². The molecule has 84 valence electrons. The summed E-state index contributed by atoms with van der Waals surface area (Å²) < 4.78 is 25.3. The molecule has 0 spiro atoms. The Bertz CT molecular complexity index is 273. The van der Waals surface area contributed by atoms with Crippen molar-refractivity contribution in [3.63, 3.8) is 0 Å². The molecule has 0 aliphatic heterocycles. The Morgan fingerprint density at radius 1 is 1.43 bits per heavy atom. The van der Waals surface area contributed by atoms with E-state index < -0.39 is 15.3 Å². The average Bonchev–Trinajstić information content (AvgIpc) is 2.67. The summed E-state index contributed by atoms with van der Waals surface area (Å²) in [5, 5.41) is -0.477. The first kappa shape index (κ1) is 12.3. The van der Waals surface area contributed by atoms with Gasteiger partial charge >= 0.3 is 0 Å². The monoisotopic (exact) mass is 239 g/mol. The summed E-state index contributed by atoms with van der Waals surface area (Å²) in [5.41, 5.74) is 0. The van der Waals surface area contributed by atoms with Crippen LogP contribution in [-0.2, 0) is 10.0 Å². The Morgan fingerprint density at radius 2 is 1.93 bits per heavy atom. The maximum absolute atomic E-state index is 11.9. The number of alkyl halides is 1. The third-order valence-electron chi connectivity index (χ3n) is 2.97. The zero-order valence-electron chi connectivity index (χ0n) is 8.74. The first-order chi connectivity index (χ1) is 6.50. The number of rotatable bonds is 4. The van der Waals surface area contributed by atoms with Crippen LogP contribution in [-0.4, -0.2) is 36.9 Å². The van der Waals surface area contributed by atoms with E-state index in [-0.39, 0.29) is 11.9 Å². The van der Waals surface area contributed by atoms with E-state index >= 15 is 0 Å². The third kappa shape index (κ3) is 2.41. The fourth-order valence-corrected chi connectivity index (χ4v) is 3.67. The summed E-state index contributed by atoms with van der Waals surface area (Å²) >= 11 is 5.58. The van der Waals surface area contributed by atoms with Crippen LogP contribution in [0.15, 0.2) is 0 Å². The second-order valence-corrected chi connectivity index (χ2v) is 6.68. The van der Waals surface area contributed by atoms with E-state index in [1.807, 2.05) is 0 Å². The number of halogens is 1. The molecule has 0 bridgehead atoms. The fourth-order valence-electron chi connectivity index (χ4n) is 1.84. The van der Waals surface area contributed by atoms with Crippen molar-refractivity contribution in [3.8, 4) is 0 Å². The van der Waals surface area contributed by atoms with Gasteiger partial charge < -0.3 is 0 Å². The molecule has 0 amide bonds. The molecular weight excluding hydrogens is 222 g/mol. The zero-order valence-corrected chi connectivity index (χ0v) is 10.3. The summed E-state index contributed by atoms with van der Waals surface area (Å²) in [6.45, 7) is 1.66. The second kappa shape index (κ2) is 4.81. The van der Waals surface area contributed by atoms with Crippen LogP contribution in [0.25, 0.3) is 0 Å². The van der Waals surface area contributed by atoms with Crippen molar-refractivity contribution >= 4 is 21.6 Å². The van der Waals surface area contributed by atoms with Crippen LogP contribution in [0.1, 0.15) is 32.6 Å². The van der Waals surface area contributed by atoms with Crippen molar-refractivity contribution in [1.82, 2.24) is 4.31 Å². The van der Waals surface area contributed by atoms with Gasteiger partial charge in [0, 0.05) is 19.0 Å². The van der Waals surface area contributed by atoms with Crippen molar-refractivity contribution in [3.05, 3.63) is 0 Å². The molecule has 1 atom stereocenters. The van der Waals surface area contributed by atoms with Crippen molar-refractivity contribution < 1.29 is 8.42 Å². The van der Waals surface area contributed by atoms with Crippen molar-refractivity contribution in [2.75, 3.05) is 12.9 Å². The van der Waals surface area contributed by atoms with Gasteiger partial charge in [-0.3, -0.25) is 0 Å². The predicted molar refractivity (Wildman–Crippen MR) is 59.1 cm³/mol. The van der Waals surface area contributed by atoms with Crippen LogP contribution >= 0.6 is 11.6 Å². The van der Waals surface area contributed by atoms with Gasteiger partial charge in [0.1, 0.15) is 0 Å². The lowest BCUT2D eigenvalue weighted by Gasteiger charge is -2.26. The van der Waals surface area contributed by atoms with Crippen LogP contribution in [0, 0.1) is 0 Å². The van der Waals surface area contributed by atoms with E-state index in [1.165, 1.54) is 4.31 Å². The van der Waals surface area contributed by atoms with Gasteiger partial charge in [0.05, 0.1) is 5.25 Å². The molecule has 5 heteroatoms. The number of hydrogen-bond acceptors (Lipinski definition) is 2. The highest BCUT2D eigenvalue weighted by atomic mass is 35.5. The van der Waals surface area contributed by atoms with Crippen LogP contribution in [0.3, 0.4) is 0 Å². The van der Waals surface area contributed by atoms with Gasteiger partial charge in [-0.05, 0) is 19.8 Å². The largest absolute Gasteiger partial charge is 0.217 e. The molecule has 0 aromatic carbocycles. The second-order valence-electron chi connectivity index (χ2n) is 3.96. The number of hydrogen-bond donors (Lipinski definition) is 0. The topological polar surface area (TPSA) is 37.4 Å². The Hall–Kier alpha value is 0.200. The summed E-state index contributed by atoms with van der Waals surface area (Å²) in [6, 6.07) is 0.200. The Kier molecular flexibility index (Phi) is 4.22. The predicted octanol–water partition coefficient (Wildman–Crippen LogP) is 1.82. The highest BCUT2D eigenvalue weighted by Crippen LogP contribution is 2.25. The molecule has 0 aromatic heterocycles. The molecule has 0 aromatic rings. The van der Waals surface area contributed by atoms with E-state index in [1.54, 1.807) is 14.0 Å². The standard InChI is InChI=1S/C9H18ClNO2S/c1-8(7-10)14(12,13)11(2)9-5-3-4-6-9/h8-9H,3-7H2,1-2H3. The highest BCUT2D eigenvalue weighted by Gasteiger charge is 2.32. The average molecular weight is 240 g/mol. The summed E-state index contributed by atoms with van der Waals surface area (Å²) in [6.07, 6.45) is 4.26. The smallest absolute Gasteiger partial charge is 0.212 e. The first-order valence-corrected chi connectivity index (χ1v) is 7.06. The highest BCUT2D eigenvalue weighted by molar-refractivity contribution is 7.89. The van der Waals surface area contributed by atoms with Crippen molar-refractivity contribution in [2.45, 2.75) is 43.9 Å². The third-order valence-corrected chi connectivity index (χ3v) is 5.90. The minimum absolute atomic E-state index is 0.166. The van der Waals surface area contributed by atoms with E-state index in [9.17, 15) is 8.42 Å². The lowest BCUT2D eigenvalue weighted by molar-refractivity contribution is 0.369. The van der Waals surface area contributed by atoms with Gasteiger partial charge in [-0.1, -0.05) is 12.8 Å². The molecule has 1 rings (SSSR count). The van der Waals surface area contributed by atoms with Crippen molar-refractivity contribution in [2.24, 2.45) is 0 Å². The van der Waals surface area contributed by atoms with Gasteiger partial charge in [0.25, 0.3) is 0 Å². The van der Waals surface area contributed by atoms with Crippen LogP contribution in [0.4, 0.5) is 0 Å². The molecule has 0 N–H and O–H groups in total. The van der Waals surface area contributed by atoms with Gasteiger partial charge in [0.15, 0.2) is 0 Å². The zero-order chi connectivity index (χ0) is 10.8. The molecule has 1 unspecified atom stereocenters. The van der Waals surface area contributed by atoms with Gasteiger partial charge in [-0.25, -0.2) is 12.7 Å². The minimum Gasteiger partial charge on any atom is -0.212 e.